The Morgan fingerprint density at radius 2 is 2.07 bits per heavy atom. The van der Waals surface area contributed by atoms with E-state index in [1.807, 2.05) is 0 Å². The van der Waals surface area contributed by atoms with Crippen molar-refractivity contribution in [1.29, 1.82) is 0 Å². The van der Waals surface area contributed by atoms with E-state index in [-0.39, 0.29) is 5.56 Å². The summed E-state index contributed by atoms with van der Waals surface area (Å²) in [5.74, 6) is 2.44. The summed E-state index contributed by atoms with van der Waals surface area (Å²) in [6, 6.07) is 1.45. The lowest BCUT2D eigenvalue weighted by Crippen LogP contribution is -2.24. The molecule has 1 N–H and O–H groups in total. The smallest absolute Gasteiger partial charge is 0.252 e. The van der Waals surface area contributed by atoms with E-state index in [0.717, 1.165) is 30.9 Å². The molecule has 1 aromatic rings. The lowest BCUT2D eigenvalue weighted by atomic mass is 9.77. The fraction of sp³-hybridized carbons (Fsp3) is 0.600. The number of fused-ring (bicyclic) bond motifs is 1. The molecule has 2 unspecified atom stereocenters. The maximum atomic E-state index is 11.1. The number of rotatable bonds is 1. The third-order valence-corrected chi connectivity index (χ3v) is 3.44. The fourth-order valence-corrected chi connectivity index (χ4v) is 2.45. The van der Waals surface area contributed by atoms with Gasteiger partial charge < -0.3 is 4.90 Å². The number of H-pyrrole nitrogens is 1. The van der Waals surface area contributed by atoms with Gasteiger partial charge in [-0.3, -0.25) is 9.78 Å². The lowest BCUT2D eigenvalue weighted by Gasteiger charge is -2.27. The van der Waals surface area contributed by atoms with Crippen LogP contribution in [0.3, 0.4) is 0 Å². The van der Waals surface area contributed by atoms with Crippen molar-refractivity contribution in [1.82, 2.24) is 9.97 Å². The second-order valence-corrected chi connectivity index (χ2v) is 4.26. The van der Waals surface area contributed by atoms with Gasteiger partial charge in [-0.25, -0.2) is 4.98 Å². The first-order valence-corrected chi connectivity index (χ1v) is 5.13. The quantitative estimate of drug-likeness (QED) is 0.707. The minimum Gasteiger partial charge on any atom is -0.342 e. The van der Waals surface area contributed by atoms with E-state index in [1.165, 1.54) is 18.9 Å². The van der Waals surface area contributed by atoms with Crippen molar-refractivity contribution < 1.29 is 0 Å². The number of nitrogens with one attached hydrogen (secondary N) is 1. The average Bonchev–Trinajstić information content (AvgIpc) is 2.43. The molecule has 2 atom stereocenters. The predicted molar refractivity (Wildman–Crippen MR) is 53.3 cm³/mol. The van der Waals surface area contributed by atoms with E-state index in [4.69, 9.17) is 0 Å². The molecule has 0 spiro atoms. The van der Waals surface area contributed by atoms with Gasteiger partial charge in [0.2, 0.25) is 5.95 Å². The summed E-state index contributed by atoms with van der Waals surface area (Å²) < 4.78 is 0. The zero-order valence-corrected chi connectivity index (χ0v) is 7.94. The van der Waals surface area contributed by atoms with Gasteiger partial charge in [0, 0.05) is 25.4 Å². The molecule has 14 heavy (non-hydrogen) atoms. The first-order chi connectivity index (χ1) is 6.83. The van der Waals surface area contributed by atoms with Gasteiger partial charge in [-0.1, -0.05) is 0 Å². The molecule has 1 saturated carbocycles. The lowest BCUT2D eigenvalue weighted by molar-refractivity contribution is 0.243. The molecular formula is C10H13N3O. The molecule has 0 radical (unpaired) electrons. The molecule has 1 aliphatic heterocycles. The highest BCUT2D eigenvalue weighted by Crippen LogP contribution is 2.40. The SMILES string of the molecule is O=c1ccnc(N2CC3CCC3C2)[nH]1. The fourth-order valence-electron chi connectivity index (χ4n) is 2.45. The Bertz CT molecular complexity index is 388. The second kappa shape index (κ2) is 2.83. The molecule has 0 bridgehead atoms. The van der Waals surface area contributed by atoms with Crippen molar-refractivity contribution in [3.63, 3.8) is 0 Å². The van der Waals surface area contributed by atoms with Gasteiger partial charge in [0.15, 0.2) is 0 Å². The summed E-state index contributed by atoms with van der Waals surface area (Å²) >= 11 is 0. The Labute approximate surface area is 82.0 Å². The van der Waals surface area contributed by atoms with E-state index in [9.17, 15) is 4.79 Å². The molecule has 74 valence electrons. The Balaban J connectivity index is 1.86. The van der Waals surface area contributed by atoms with Crippen LogP contribution in [0.1, 0.15) is 12.8 Å². The minimum absolute atomic E-state index is 0.0609. The molecule has 1 saturated heterocycles. The summed E-state index contributed by atoms with van der Waals surface area (Å²) in [5, 5.41) is 0. The number of nitrogens with zero attached hydrogens (tertiary/aromatic N) is 2. The number of hydrogen-bond donors (Lipinski definition) is 1. The Hall–Kier alpha value is -1.32. The topological polar surface area (TPSA) is 49.0 Å². The van der Waals surface area contributed by atoms with Crippen LogP contribution < -0.4 is 10.5 Å². The molecule has 2 aliphatic rings. The van der Waals surface area contributed by atoms with Gasteiger partial charge in [0.1, 0.15) is 0 Å². The van der Waals surface area contributed by atoms with Crippen LogP contribution in [0.15, 0.2) is 17.1 Å². The number of anilines is 1. The summed E-state index contributed by atoms with van der Waals surface area (Å²) in [6.45, 7) is 2.13. The molecule has 4 nitrogen and oxygen atoms in total. The van der Waals surface area contributed by atoms with Crippen molar-refractivity contribution in [3.8, 4) is 0 Å². The molecule has 3 rings (SSSR count). The zero-order chi connectivity index (χ0) is 9.54. The van der Waals surface area contributed by atoms with Crippen LogP contribution in [0.2, 0.25) is 0 Å². The van der Waals surface area contributed by atoms with Gasteiger partial charge >= 0.3 is 0 Å². The standard InChI is InChI=1S/C10H13N3O/c14-9-3-4-11-10(12-9)13-5-7-1-2-8(7)6-13/h3-4,7-8H,1-2,5-6H2,(H,11,12,14). The molecule has 4 heteroatoms. The minimum atomic E-state index is -0.0609. The third-order valence-electron chi connectivity index (χ3n) is 3.44. The average molecular weight is 191 g/mol. The van der Waals surface area contributed by atoms with Crippen LogP contribution >= 0.6 is 0 Å². The van der Waals surface area contributed by atoms with Gasteiger partial charge in [0.05, 0.1) is 0 Å². The molecule has 1 aromatic heterocycles. The monoisotopic (exact) mass is 191 g/mol. The Morgan fingerprint density at radius 3 is 2.64 bits per heavy atom. The second-order valence-electron chi connectivity index (χ2n) is 4.26. The van der Waals surface area contributed by atoms with Gasteiger partial charge in [-0.05, 0) is 24.7 Å². The van der Waals surface area contributed by atoms with E-state index in [2.05, 4.69) is 14.9 Å². The molecule has 2 fully saturated rings. The van der Waals surface area contributed by atoms with Crippen LogP contribution in [-0.4, -0.2) is 23.1 Å². The van der Waals surface area contributed by atoms with Crippen molar-refractivity contribution in [2.45, 2.75) is 12.8 Å². The van der Waals surface area contributed by atoms with Crippen molar-refractivity contribution in [3.05, 3.63) is 22.6 Å². The van der Waals surface area contributed by atoms with E-state index >= 15 is 0 Å². The van der Waals surface area contributed by atoms with Gasteiger partial charge in [-0.2, -0.15) is 0 Å². The maximum absolute atomic E-state index is 11.1. The highest BCUT2D eigenvalue weighted by Gasteiger charge is 2.39. The number of hydrogen-bond acceptors (Lipinski definition) is 3. The summed E-state index contributed by atoms with van der Waals surface area (Å²) in [4.78, 5) is 20.3. The van der Waals surface area contributed by atoms with Crippen molar-refractivity contribution in [2.24, 2.45) is 11.8 Å². The van der Waals surface area contributed by atoms with E-state index in [0.29, 0.717) is 0 Å². The first kappa shape index (κ1) is 8.03. The van der Waals surface area contributed by atoms with Crippen molar-refractivity contribution >= 4 is 5.95 Å². The third kappa shape index (κ3) is 1.14. The van der Waals surface area contributed by atoms with Gasteiger partial charge in [0.25, 0.3) is 5.56 Å². The van der Waals surface area contributed by atoms with Crippen LogP contribution in [0.4, 0.5) is 5.95 Å². The molecule has 0 amide bonds. The van der Waals surface area contributed by atoms with Crippen molar-refractivity contribution in [2.75, 3.05) is 18.0 Å². The molecule has 2 heterocycles. The highest BCUT2D eigenvalue weighted by molar-refractivity contribution is 5.32. The van der Waals surface area contributed by atoms with Crippen LogP contribution in [0.5, 0.6) is 0 Å². The molecule has 0 aromatic carbocycles. The predicted octanol–water partition coefficient (Wildman–Crippen LogP) is 0.616. The Kier molecular flexibility index (Phi) is 1.63. The number of aromatic amines is 1. The van der Waals surface area contributed by atoms with E-state index < -0.39 is 0 Å². The van der Waals surface area contributed by atoms with E-state index in [1.54, 1.807) is 6.20 Å². The summed E-state index contributed by atoms with van der Waals surface area (Å²) in [5.41, 5.74) is -0.0609. The maximum Gasteiger partial charge on any atom is 0.252 e. The van der Waals surface area contributed by atoms with Crippen LogP contribution in [-0.2, 0) is 0 Å². The summed E-state index contributed by atoms with van der Waals surface area (Å²) in [6.07, 6.45) is 4.27. The zero-order valence-electron chi connectivity index (χ0n) is 7.94. The molecule has 1 aliphatic carbocycles. The first-order valence-electron chi connectivity index (χ1n) is 5.13. The highest BCUT2D eigenvalue weighted by atomic mass is 16.1. The summed E-state index contributed by atoms with van der Waals surface area (Å²) in [7, 11) is 0. The number of aromatic nitrogens is 2. The normalized spacial score (nSPS) is 29.9. The van der Waals surface area contributed by atoms with Crippen LogP contribution in [0, 0.1) is 11.8 Å². The Morgan fingerprint density at radius 1 is 1.36 bits per heavy atom. The van der Waals surface area contributed by atoms with Crippen LogP contribution in [0.25, 0.3) is 0 Å². The largest absolute Gasteiger partial charge is 0.342 e. The molecular weight excluding hydrogens is 178 g/mol. The van der Waals surface area contributed by atoms with Gasteiger partial charge in [-0.15, -0.1) is 0 Å².